The minimum Gasteiger partial charge on any atom is -0.490 e. The van der Waals surface area contributed by atoms with Gasteiger partial charge in [0.15, 0.2) is 0 Å². The van der Waals surface area contributed by atoms with Crippen molar-refractivity contribution in [1.82, 2.24) is 0 Å². The largest absolute Gasteiger partial charge is 0.490 e. The van der Waals surface area contributed by atoms with E-state index in [0.717, 1.165) is 30.7 Å². The van der Waals surface area contributed by atoms with Crippen LogP contribution in [0.15, 0.2) is 30.3 Å². The first-order chi connectivity index (χ1) is 7.77. The summed E-state index contributed by atoms with van der Waals surface area (Å²) in [5.74, 6) is 0.949. The molecule has 0 amide bonds. The number of benzene rings is 1. The van der Waals surface area contributed by atoms with Crippen LogP contribution in [0.2, 0.25) is 0 Å². The van der Waals surface area contributed by atoms with E-state index in [9.17, 15) is 0 Å². The van der Waals surface area contributed by atoms with Crippen LogP contribution in [-0.4, -0.2) is 12.6 Å². The van der Waals surface area contributed by atoms with Crippen LogP contribution in [0.1, 0.15) is 32.3 Å². The quantitative estimate of drug-likeness (QED) is 0.797. The van der Waals surface area contributed by atoms with Crippen LogP contribution in [0.3, 0.4) is 0 Å². The number of rotatable bonds is 6. The fourth-order valence-electron chi connectivity index (χ4n) is 1.59. The minimum absolute atomic E-state index is 0.218. The molecule has 0 spiro atoms. The molecule has 16 heavy (non-hydrogen) atoms. The van der Waals surface area contributed by atoms with Gasteiger partial charge in [0.1, 0.15) is 5.75 Å². The van der Waals surface area contributed by atoms with Gasteiger partial charge in [0.05, 0.1) is 6.10 Å². The predicted molar refractivity (Wildman–Crippen MR) is 69.5 cm³/mol. The second-order valence-corrected chi connectivity index (χ2v) is 3.90. The van der Waals surface area contributed by atoms with Gasteiger partial charge >= 0.3 is 0 Å². The molecular formula is C14H21NO. The van der Waals surface area contributed by atoms with Crippen molar-refractivity contribution in [2.75, 3.05) is 6.54 Å². The highest BCUT2D eigenvalue weighted by Gasteiger charge is 2.05. The van der Waals surface area contributed by atoms with E-state index in [1.165, 1.54) is 0 Å². The summed E-state index contributed by atoms with van der Waals surface area (Å²) in [5, 5.41) is 0. The Kier molecular flexibility index (Phi) is 5.65. The molecular weight excluding hydrogens is 198 g/mol. The zero-order chi connectivity index (χ0) is 11.8. The Morgan fingerprint density at radius 3 is 2.81 bits per heavy atom. The van der Waals surface area contributed by atoms with E-state index >= 15 is 0 Å². The van der Waals surface area contributed by atoms with E-state index in [2.05, 4.69) is 19.1 Å². The Morgan fingerprint density at radius 1 is 1.38 bits per heavy atom. The van der Waals surface area contributed by atoms with E-state index in [-0.39, 0.29) is 6.10 Å². The summed E-state index contributed by atoms with van der Waals surface area (Å²) in [5.41, 5.74) is 6.61. The molecule has 1 rings (SSSR count). The third-order valence-corrected chi connectivity index (χ3v) is 2.41. The summed E-state index contributed by atoms with van der Waals surface area (Å²) in [4.78, 5) is 0. The minimum atomic E-state index is 0.218. The van der Waals surface area contributed by atoms with Crippen molar-refractivity contribution in [2.24, 2.45) is 5.73 Å². The van der Waals surface area contributed by atoms with Gasteiger partial charge in [0.2, 0.25) is 0 Å². The Labute approximate surface area is 98.1 Å². The fraction of sp³-hybridized carbons (Fsp3) is 0.429. The highest BCUT2D eigenvalue weighted by molar-refractivity contribution is 5.56. The van der Waals surface area contributed by atoms with Crippen molar-refractivity contribution in [3.8, 4) is 5.75 Å². The maximum atomic E-state index is 5.89. The van der Waals surface area contributed by atoms with Gasteiger partial charge in [0.25, 0.3) is 0 Å². The Balaban J connectivity index is 2.64. The van der Waals surface area contributed by atoms with Crippen molar-refractivity contribution < 1.29 is 4.74 Å². The molecule has 0 heterocycles. The predicted octanol–water partition coefficient (Wildman–Crippen LogP) is 3.23. The van der Waals surface area contributed by atoms with E-state index in [4.69, 9.17) is 10.5 Å². The van der Waals surface area contributed by atoms with E-state index in [0.29, 0.717) is 0 Å². The summed E-state index contributed by atoms with van der Waals surface area (Å²) < 4.78 is 5.89. The molecule has 1 aromatic rings. The Hall–Kier alpha value is -1.28. The molecule has 0 aliphatic heterocycles. The van der Waals surface area contributed by atoms with Gasteiger partial charge < -0.3 is 10.5 Å². The number of allylic oxidation sites excluding steroid dienone is 1. The average Bonchev–Trinajstić information content (AvgIpc) is 2.29. The monoisotopic (exact) mass is 219 g/mol. The summed E-state index contributed by atoms with van der Waals surface area (Å²) in [6.45, 7) is 4.82. The van der Waals surface area contributed by atoms with Crippen molar-refractivity contribution in [2.45, 2.75) is 32.8 Å². The second kappa shape index (κ2) is 7.07. The lowest BCUT2D eigenvalue weighted by molar-refractivity contribution is 0.208. The van der Waals surface area contributed by atoms with Gasteiger partial charge in [-0.3, -0.25) is 0 Å². The molecule has 2 N–H and O–H groups in total. The lowest BCUT2D eigenvalue weighted by Gasteiger charge is -2.16. The second-order valence-electron chi connectivity index (χ2n) is 3.90. The molecule has 88 valence electrons. The number of para-hydroxylation sites is 1. The molecule has 1 unspecified atom stereocenters. The molecule has 0 saturated heterocycles. The summed E-state index contributed by atoms with van der Waals surface area (Å²) >= 11 is 0. The Bertz CT molecular complexity index is 333. The summed E-state index contributed by atoms with van der Waals surface area (Å²) in [7, 11) is 0. The molecule has 0 aliphatic carbocycles. The number of nitrogens with two attached hydrogens (primary N) is 1. The first-order valence-corrected chi connectivity index (χ1v) is 5.86. The van der Waals surface area contributed by atoms with Gasteiger partial charge in [-0.05, 0) is 39.3 Å². The van der Waals surface area contributed by atoms with E-state index in [1.54, 1.807) is 0 Å². The van der Waals surface area contributed by atoms with Gasteiger partial charge in [-0.15, -0.1) is 0 Å². The molecule has 0 bridgehead atoms. The number of hydrogen-bond acceptors (Lipinski definition) is 2. The third kappa shape index (κ3) is 4.07. The topological polar surface area (TPSA) is 35.2 Å². The highest BCUT2D eigenvalue weighted by atomic mass is 16.5. The van der Waals surface area contributed by atoms with Gasteiger partial charge in [0, 0.05) is 5.56 Å². The molecule has 0 aliphatic rings. The highest BCUT2D eigenvalue weighted by Crippen LogP contribution is 2.21. The van der Waals surface area contributed by atoms with Gasteiger partial charge in [-0.2, -0.15) is 0 Å². The van der Waals surface area contributed by atoms with Crippen LogP contribution in [0, 0.1) is 0 Å². The van der Waals surface area contributed by atoms with Crippen molar-refractivity contribution in [3.63, 3.8) is 0 Å². The maximum absolute atomic E-state index is 5.89. The third-order valence-electron chi connectivity index (χ3n) is 2.41. The van der Waals surface area contributed by atoms with Crippen LogP contribution >= 0.6 is 0 Å². The number of hydrogen-bond donors (Lipinski definition) is 1. The molecule has 1 aromatic carbocycles. The zero-order valence-electron chi connectivity index (χ0n) is 10.1. The van der Waals surface area contributed by atoms with Crippen LogP contribution in [0.4, 0.5) is 0 Å². The molecule has 0 fully saturated rings. The smallest absolute Gasteiger partial charge is 0.126 e. The maximum Gasteiger partial charge on any atom is 0.126 e. The lowest BCUT2D eigenvalue weighted by Crippen LogP contribution is -2.14. The first kappa shape index (κ1) is 12.8. The van der Waals surface area contributed by atoms with Crippen molar-refractivity contribution in [3.05, 3.63) is 35.9 Å². The summed E-state index contributed by atoms with van der Waals surface area (Å²) in [6, 6.07) is 8.09. The summed E-state index contributed by atoms with van der Waals surface area (Å²) in [6.07, 6.45) is 6.31. The fourth-order valence-corrected chi connectivity index (χ4v) is 1.59. The molecule has 2 heteroatoms. The SMILES string of the molecule is CC=Cc1ccccc1OC(C)CCCN. The average molecular weight is 219 g/mol. The van der Waals surface area contributed by atoms with E-state index < -0.39 is 0 Å². The molecule has 1 atom stereocenters. The van der Waals surface area contributed by atoms with Gasteiger partial charge in [-0.25, -0.2) is 0 Å². The molecule has 0 aromatic heterocycles. The van der Waals surface area contributed by atoms with Crippen LogP contribution < -0.4 is 10.5 Å². The van der Waals surface area contributed by atoms with Crippen molar-refractivity contribution >= 4 is 6.08 Å². The molecule has 0 radical (unpaired) electrons. The Morgan fingerprint density at radius 2 is 2.12 bits per heavy atom. The first-order valence-electron chi connectivity index (χ1n) is 5.86. The van der Waals surface area contributed by atoms with E-state index in [1.807, 2.05) is 31.2 Å². The lowest BCUT2D eigenvalue weighted by atomic mass is 10.1. The zero-order valence-corrected chi connectivity index (χ0v) is 10.1. The van der Waals surface area contributed by atoms with Crippen LogP contribution in [0.25, 0.3) is 6.08 Å². The van der Waals surface area contributed by atoms with Gasteiger partial charge in [-0.1, -0.05) is 30.4 Å². The number of ether oxygens (including phenoxy) is 1. The van der Waals surface area contributed by atoms with Crippen molar-refractivity contribution in [1.29, 1.82) is 0 Å². The molecule has 0 saturated carbocycles. The normalized spacial score (nSPS) is 12.9. The standard InChI is InChI=1S/C14H21NO/c1-3-7-13-9-4-5-10-14(13)16-12(2)8-6-11-15/h3-5,7,9-10,12H,6,8,11,15H2,1-2H3. The molecule has 2 nitrogen and oxygen atoms in total. The van der Waals surface area contributed by atoms with Crippen LogP contribution in [-0.2, 0) is 0 Å². The van der Waals surface area contributed by atoms with Crippen LogP contribution in [0.5, 0.6) is 5.75 Å².